The van der Waals surface area contributed by atoms with E-state index in [2.05, 4.69) is 0 Å². The molecule has 0 aromatic carbocycles. The van der Waals surface area contributed by atoms with Gasteiger partial charge in [-0.3, -0.25) is 0 Å². The van der Waals surface area contributed by atoms with Crippen LogP contribution in [0.1, 0.15) is 33.6 Å². The zero-order valence-corrected chi connectivity index (χ0v) is 7.66. The Labute approximate surface area is 67.8 Å². The van der Waals surface area contributed by atoms with E-state index in [-0.39, 0.29) is 5.38 Å². The van der Waals surface area contributed by atoms with Gasteiger partial charge >= 0.3 is 0 Å². The second-order valence-electron chi connectivity index (χ2n) is 3.07. The van der Waals surface area contributed by atoms with Crippen LogP contribution in [0.4, 0.5) is 4.39 Å². The van der Waals surface area contributed by atoms with Crippen LogP contribution >= 0.6 is 11.6 Å². The summed E-state index contributed by atoms with van der Waals surface area (Å²) < 4.78 is 12.9. The fourth-order valence-electron chi connectivity index (χ4n) is 0.854. The van der Waals surface area contributed by atoms with Crippen molar-refractivity contribution < 1.29 is 4.39 Å². The standard InChI is InChI=1S/C8H16ClF/c1-4-7(9)8(10)5-6(2)3/h6-8H,4-5H2,1-3H3. The zero-order valence-electron chi connectivity index (χ0n) is 6.90. The van der Waals surface area contributed by atoms with Gasteiger partial charge in [-0.2, -0.15) is 0 Å². The minimum Gasteiger partial charge on any atom is -0.246 e. The minimum atomic E-state index is -0.827. The van der Waals surface area contributed by atoms with Crippen molar-refractivity contribution in [3.05, 3.63) is 0 Å². The molecule has 0 saturated heterocycles. The smallest absolute Gasteiger partial charge is 0.117 e. The normalized spacial score (nSPS) is 17.4. The summed E-state index contributed by atoms with van der Waals surface area (Å²) >= 11 is 5.68. The molecule has 0 fully saturated rings. The van der Waals surface area contributed by atoms with Gasteiger partial charge in [0.05, 0.1) is 5.38 Å². The maximum absolute atomic E-state index is 12.9. The number of halogens is 2. The third-order valence-corrected chi connectivity index (χ3v) is 2.06. The van der Waals surface area contributed by atoms with E-state index >= 15 is 0 Å². The van der Waals surface area contributed by atoms with Crippen molar-refractivity contribution >= 4 is 11.6 Å². The first-order valence-corrected chi connectivity index (χ1v) is 4.29. The molecule has 0 N–H and O–H groups in total. The number of hydrogen-bond donors (Lipinski definition) is 0. The summed E-state index contributed by atoms with van der Waals surface area (Å²) in [6.07, 6.45) is 0.476. The molecule has 62 valence electrons. The molecule has 0 spiro atoms. The van der Waals surface area contributed by atoms with Crippen LogP contribution in [0.3, 0.4) is 0 Å². The molecule has 0 aromatic heterocycles. The van der Waals surface area contributed by atoms with Gasteiger partial charge in [0.2, 0.25) is 0 Å². The summed E-state index contributed by atoms with van der Waals surface area (Å²) in [6.45, 7) is 5.92. The fraction of sp³-hybridized carbons (Fsp3) is 1.00. The Balaban J connectivity index is 3.50. The Hall–Kier alpha value is 0.220. The molecule has 10 heavy (non-hydrogen) atoms. The number of alkyl halides is 2. The first kappa shape index (κ1) is 10.2. The molecule has 0 aliphatic rings. The van der Waals surface area contributed by atoms with Crippen molar-refractivity contribution in [1.82, 2.24) is 0 Å². The van der Waals surface area contributed by atoms with Crippen LogP contribution in [0.2, 0.25) is 0 Å². The van der Waals surface area contributed by atoms with Crippen LogP contribution in [0.5, 0.6) is 0 Å². The fourth-order valence-corrected chi connectivity index (χ4v) is 0.957. The van der Waals surface area contributed by atoms with Gasteiger partial charge in [0.1, 0.15) is 6.17 Å². The molecule has 0 rings (SSSR count). The second kappa shape index (κ2) is 4.95. The zero-order chi connectivity index (χ0) is 8.15. The molecule has 2 unspecified atom stereocenters. The number of hydrogen-bond acceptors (Lipinski definition) is 0. The summed E-state index contributed by atoms with van der Waals surface area (Å²) in [7, 11) is 0. The summed E-state index contributed by atoms with van der Waals surface area (Å²) in [6, 6.07) is 0. The van der Waals surface area contributed by atoms with Gasteiger partial charge in [-0.25, -0.2) is 4.39 Å². The van der Waals surface area contributed by atoms with Crippen LogP contribution in [-0.4, -0.2) is 11.5 Å². The average Bonchev–Trinajstić information content (AvgIpc) is 1.85. The molecule has 0 radical (unpaired) electrons. The molecular formula is C8H16ClF. The van der Waals surface area contributed by atoms with Crippen molar-refractivity contribution in [2.24, 2.45) is 5.92 Å². The van der Waals surface area contributed by atoms with Gasteiger partial charge in [-0.15, -0.1) is 11.6 Å². The van der Waals surface area contributed by atoms with Gasteiger partial charge in [0.25, 0.3) is 0 Å². The van der Waals surface area contributed by atoms with Crippen molar-refractivity contribution in [3.63, 3.8) is 0 Å². The lowest BCUT2D eigenvalue weighted by Gasteiger charge is -2.14. The van der Waals surface area contributed by atoms with Crippen LogP contribution < -0.4 is 0 Å². The highest BCUT2D eigenvalue weighted by Gasteiger charge is 2.17. The third kappa shape index (κ3) is 4.10. The summed E-state index contributed by atoms with van der Waals surface area (Å²) in [4.78, 5) is 0. The van der Waals surface area contributed by atoms with E-state index in [4.69, 9.17) is 11.6 Å². The molecule has 0 aromatic rings. The van der Waals surface area contributed by atoms with Crippen molar-refractivity contribution in [1.29, 1.82) is 0 Å². The Morgan fingerprint density at radius 2 is 1.90 bits per heavy atom. The van der Waals surface area contributed by atoms with Gasteiger partial charge in [-0.1, -0.05) is 20.8 Å². The summed E-state index contributed by atoms with van der Waals surface area (Å²) in [5.74, 6) is 0.405. The molecule has 0 nitrogen and oxygen atoms in total. The first-order valence-electron chi connectivity index (χ1n) is 3.86. The minimum absolute atomic E-state index is 0.289. The Morgan fingerprint density at radius 3 is 2.20 bits per heavy atom. The van der Waals surface area contributed by atoms with E-state index in [9.17, 15) is 4.39 Å². The quantitative estimate of drug-likeness (QED) is 0.562. The van der Waals surface area contributed by atoms with Gasteiger partial charge in [0.15, 0.2) is 0 Å². The highest BCUT2D eigenvalue weighted by atomic mass is 35.5. The van der Waals surface area contributed by atoms with Crippen molar-refractivity contribution in [3.8, 4) is 0 Å². The van der Waals surface area contributed by atoms with Crippen LogP contribution in [0.15, 0.2) is 0 Å². The predicted octanol–water partition coefficient (Wildman–Crippen LogP) is 3.39. The predicted molar refractivity (Wildman–Crippen MR) is 44.3 cm³/mol. The first-order chi connectivity index (χ1) is 4.57. The topological polar surface area (TPSA) is 0 Å². The summed E-state index contributed by atoms with van der Waals surface area (Å²) in [5.41, 5.74) is 0. The van der Waals surface area contributed by atoms with Crippen LogP contribution in [0, 0.1) is 5.92 Å². The van der Waals surface area contributed by atoms with Crippen LogP contribution in [0.25, 0.3) is 0 Å². The van der Waals surface area contributed by atoms with Crippen LogP contribution in [-0.2, 0) is 0 Å². The summed E-state index contributed by atoms with van der Waals surface area (Å²) in [5, 5.41) is -0.289. The lowest BCUT2D eigenvalue weighted by molar-refractivity contribution is 0.270. The van der Waals surface area contributed by atoms with Gasteiger partial charge < -0.3 is 0 Å². The van der Waals surface area contributed by atoms with E-state index in [0.717, 1.165) is 6.42 Å². The molecule has 0 heterocycles. The lowest BCUT2D eigenvalue weighted by Crippen LogP contribution is -2.17. The maximum atomic E-state index is 12.9. The van der Waals surface area contributed by atoms with Crippen molar-refractivity contribution in [2.75, 3.05) is 0 Å². The molecule has 2 atom stereocenters. The molecular weight excluding hydrogens is 151 g/mol. The van der Waals surface area contributed by atoms with E-state index in [1.54, 1.807) is 0 Å². The molecule has 0 bridgehead atoms. The Morgan fingerprint density at radius 1 is 1.40 bits per heavy atom. The largest absolute Gasteiger partial charge is 0.246 e. The van der Waals surface area contributed by atoms with E-state index in [0.29, 0.717) is 12.3 Å². The van der Waals surface area contributed by atoms with E-state index in [1.165, 1.54) is 0 Å². The number of rotatable bonds is 4. The Bertz CT molecular complexity index is 83.3. The Kier molecular flexibility index (Phi) is 5.06. The molecule has 0 saturated carbocycles. The van der Waals surface area contributed by atoms with Gasteiger partial charge in [-0.05, 0) is 18.8 Å². The average molecular weight is 167 g/mol. The monoisotopic (exact) mass is 166 g/mol. The maximum Gasteiger partial charge on any atom is 0.117 e. The lowest BCUT2D eigenvalue weighted by atomic mass is 10.0. The second-order valence-corrected chi connectivity index (χ2v) is 3.63. The van der Waals surface area contributed by atoms with E-state index in [1.807, 2.05) is 20.8 Å². The third-order valence-electron chi connectivity index (χ3n) is 1.48. The highest BCUT2D eigenvalue weighted by Crippen LogP contribution is 2.18. The van der Waals surface area contributed by atoms with E-state index < -0.39 is 6.17 Å². The molecule has 2 heteroatoms. The van der Waals surface area contributed by atoms with Gasteiger partial charge in [0, 0.05) is 0 Å². The molecule has 0 aliphatic carbocycles. The highest BCUT2D eigenvalue weighted by molar-refractivity contribution is 6.20. The molecule has 0 amide bonds. The molecule has 0 aliphatic heterocycles. The SMILES string of the molecule is CCC(Cl)C(F)CC(C)C. The van der Waals surface area contributed by atoms with Crippen molar-refractivity contribution in [2.45, 2.75) is 45.2 Å².